The third kappa shape index (κ3) is 2.53. The van der Waals surface area contributed by atoms with Gasteiger partial charge in [-0.3, -0.25) is 0 Å². The number of nitrogens with zero attached hydrogens (tertiary/aromatic N) is 4. The van der Waals surface area contributed by atoms with Crippen molar-refractivity contribution in [1.82, 2.24) is 19.9 Å². The number of anilines is 1. The number of likely N-dealkylation sites (N-methyl/N-ethyl adjacent to an activating group) is 1. The molecule has 1 unspecified atom stereocenters. The molecule has 0 bridgehead atoms. The van der Waals surface area contributed by atoms with E-state index in [1.807, 2.05) is 19.2 Å². The van der Waals surface area contributed by atoms with Crippen molar-refractivity contribution in [3.8, 4) is 0 Å². The van der Waals surface area contributed by atoms with Crippen LogP contribution in [0, 0.1) is 0 Å². The Bertz CT molecular complexity index is 565. The van der Waals surface area contributed by atoms with E-state index in [0.29, 0.717) is 11.1 Å². The zero-order valence-corrected chi connectivity index (χ0v) is 11.8. The number of rotatable bonds is 3. The molecular weight excluding hydrogens is 262 g/mol. The summed E-state index contributed by atoms with van der Waals surface area (Å²) in [6.45, 7) is 1.99. The van der Waals surface area contributed by atoms with Gasteiger partial charge in [0, 0.05) is 25.3 Å². The number of halogens is 1. The lowest BCUT2D eigenvalue weighted by Crippen LogP contribution is -2.45. The van der Waals surface area contributed by atoms with Crippen molar-refractivity contribution in [2.75, 3.05) is 25.0 Å². The third-order valence-corrected chi connectivity index (χ3v) is 3.83. The normalized spacial score (nSPS) is 20.1. The minimum absolute atomic E-state index is 0.478. The van der Waals surface area contributed by atoms with Gasteiger partial charge in [-0.1, -0.05) is 11.6 Å². The number of piperidine rings is 1. The van der Waals surface area contributed by atoms with Crippen molar-refractivity contribution in [2.45, 2.75) is 25.3 Å². The van der Waals surface area contributed by atoms with Gasteiger partial charge in [0.1, 0.15) is 0 Å². The van der Waals surface area contributed by atoms with Crippen LogP contribution in [0.3, 0.4) is 0 Å². The van der Waals surface area contributed by atoms with Crippen molar-refractivity contribution in [3.05, 3.63) is 23.4 Å². The first-order valence-electron chi connectivity index (χ1n) is 6.71. The topological polar surface area (TPSA) is 45.5 Å². The summed E-state index contributed by atoms with van der Waals surface area (Å²) in [5.41, 5.74) is 0.841. The van der Waals surface area contributed by atoms with E-state index < -0.39 is 0 Å². The van der Waals surface area contributed by atoms with Crippen molar-refractivity contribution < 1.29 is 0 Å². The average Bonchev–Trinajstić information content (AvgIpc) is 2.82. The number of nitrogens with one attached hydrogen (secondary N) is 1. The van der Waals surface area contributed by atoms with Gasteiger partial charge in [-0.2, -0.15) is 4.98 Å². The zero-order valence-electron chi connectivity index (χ0n) is 11.0. The van der Waals surface area contributed by atoms with Gasteiger partial charge in [0.05, 0.1) is 5.02 Å². The molecule has 2 aromatic rings. The van der Waals surface area contributed by atoms with Crippen LogP contribution in [0.1, 0.15) is 19.3 Å². The molecule has 1 aliphatic heterocycles. The fraction of sp³-hybridized carbons (Fsp3) is 0.538. The molecule has 5 nitrogen and oxygen atoms in total. The number of pyridine rings is 1. The van der Waals surface area contributed by atoms with Gasteiger partial charge in [0.25, 0.3) is 0 Å². The van der Waals surface area contributed by atoms with Crippen LogP contribution in [-0.4, -0.2) is 40.8 Å². The fourth-order valence-electron chi connectivity index (χ4n) is 2.68. The molecule has 1 fully saturated rings. The highest BCUT2D eigenvalue weighted by molar-refractivity contribution is 6.30. The molecule has 0 aromatic carbocycles. The predicted octanol–water partition coefficient (Wildman–Crippen LogP) is 1.96. The Hall–Kier alpha value is -1.33. The summed E-state index contributed by atoms with van der Waals surface area (Å²) in [5.74, 6) is 0.808. The molecule has 3 rings (SSSR count). The minimum Gasteiger partial charge on any atom is -0.335 e. The Morgan fingerprint density at radius 1 is 1.42 bits per heavy atom. The maximum absolute atomic E-state index is 5.98. The van der Waals surface area contributed by atoms with Crippen molar-refractivity contribution >= 4 is 23.2 Å². The molecule has 0 saturated carbocycles. The maximum Gasteiger partial charge on any atom is 0.245 e. The second-order valence-electron chi connectivity index (χ2n) is 4.96. The summed E-state index contributed by atoms with van der Waals surface area (Å²) < 4.78 is 1.75. The summed E-state index contributed by atoms with van der Waals surface area (Å²) in [5, 5.41) is 8.48. The Labute approximate surface area is 117 Å². The maximum atomic E-state index is 5.98. The first-order chi connectivity index (χ1) is 9.28. The highest BCUT2D eigenvalue weighted by Gasteiger charge is 2.25. The molecule has 1 N–H and O–H groups in total. The van der Waals surface area contributed by atoms with Crippen molar-refractivity contribution in [1.29, 1.82) is 0 Å². The number of fused-ring (bicyclic) bond motifs is 1. The molecule has 0 radical (unpaired) electrons. The van der Waals surface area contributed by atoms with Crippen LogP contribution in [0.4, 0.5) is 5.95 Å². The Balaban J connectivity index is 1.92. The molecule has 1 atom stereocenters. The van der Waals surface area contributed by atoms with Gasteiger partial charge in [-0.25, -0.2) is 4.52 Å². The molecule has 102 valence electrons. The quantitative estimate of drug-likeness (QED) is 0.933. The van der Waals surface area contributed by atoms with Gasteiger partial charge in [0.2, 0.25) is 5.95 Å². The van der Waals surface area contributed by atoms with Gasteiger partial charge >= 0.3 is 0 Å². The molecule has 19 heavy (non-hydrogen) atoms. The standard InChI is InChI=1S/C13H18ClN5/c1-15-8-11-4-2-3-7-18(11)13-16-12-6-5-10(14)9-19(12)17-13/h5-6,9,11,15H,2-4,7-8H2,1H3. The monoisotopic (exact) mass is 279 g/mol. The highest BCUT2D eigenvalue weighted by atomic mass is 35.5. The smallest absolute Gasteiger partial charge is 0.245 e. The Kier molecular flexibility index (Phi) is 3.57. The lowest BCUT2D eigenvalue weighted by Gasteiger charge is -2.34. The molecule has 2 aromatic heterocycles. The summed E-state index contributed by atoms with van der Waals surface area (Å²) in [6, 6.07) is 4.22. The first-order valence-corrected chi connectivity index (χ1v) is 7.09. The molecule has 0 aliphatic carbocycles. The summed E-state index contributed by atoms with van der Waals surface area (Å²) in [4.78, 5) is 6.91. The van der Waals surface area contributed by atoms with Crippen LogP contribution in [0.25, 0.3) is 5.65 Å². The molecule has 0 spiro atoms. The van der Waals surface area contributed by atoms with Crippen LogP contribution in [0.5, 0.6) is 0 Å². The van der Waals surface area contributed by atoms with E-state index in [2.05, 4.69) is 20.3 Å². The van der Waals surface area contributed by atoms with Crippen molar-refractivity contribution in [2.24, 2.45) is 0 Å². The van der Waals surface area contributed by atoms with Crippen LogP contribution in [0.15, 0.2) is 18.3 Å². The molecule has 3 heterocycles. The van der Waals surface area contributed by atoms with Crippen LogP contribution in [0.2, 0.25) is 5.02 Å². The van der Waals surface area contributed by atoms with E-state index in [1.165, 1.54) is 19.3 Å². The van der Waals surface area contributed by atoms with E-state index in [4.69, 9.17) is 11.6 Å². The molecule has 1 aliphatic rings. The van der Waals surface area contributed by atoms with E-state index in [0.717, 1.165) is 24.7 Å². The first kappa shape index (κ1) is 12.7. The third-order valence-electron chi connectivity index (χ3n) is 3.61. The molecule has 6 heteroatoms. The summed E-state index contributed by atoms with van der Waals surface area (Å²) >= 11 is 5.98. The highest BCUT2D eigenvalue weighted by Crippen LogP contribution is 2.22. The van der Waals surface area contributed by atoms with E-state index in [-0.39, 0.29) is 0 Å². The van der Waals surface area contributed by atoms with Gasteiger partial charge in [-0.15, -0.1) is 5.10 Å². The van der Waals surface area contributed by atoms with Crippen molar-refractivity contribution in [3.63, 3.8) is 0 Å². The summed E-state index contributed by atoms with van der Waals surface area (Å²) in [7, 11) is 1.99. The van der Waals surface area contributed by atoms with Crippen LogP contribution < -0.4 is 10.2 Å². The largest absolute Gasteiger partial charge is 0.335 e. The minimum atomic E-state index is 0.478. The van der Waals surface area contributed by atoms with E-state index in [9.17, 15) is 0 Å². The summed E-state index contributed by atoms with van der Waals surface area (Å²) in [6.07, 6.45) is 5.47. The number of hydrogen-bond acceptors (Lipinski definition) is 4. The SMILES string of the molecule is CNCC1CCCCN1c1nc2ccc(Cl)cn2n1. The van der Waals surface area contributed by atoms with Gasteiger partial charge in [0.15, 0.2) is 5.65 Å². The zero-order chi connectivity index (χ0) is 13.2. The predicted molar refractivity (Wildman–Crippen MR) is 76.9 cm³/mol. The lowest BCUT2D eigenvalue weighted by atomic mass is 10.0. The second kappa shape index (κ2) is 5.35. The van der Waals surface area contributed by atoms with Gasteiger partial charge in [-0.05, 0) is 38.4 Å². The molecular formula is C13H18ClN5. The van der Waals surface area contributed by atoms with Crippen LogP contribution >= 0.6 is 11.6 Å². The van der Waals surface area contributed by atoms with E-state index in [1.54, 1.807) is 10.7 Å². The van der Waals surface area contributed by atoms with Gasteiger partial charge < -0.3 is 10.2 Å². The number of hydrogen-bond donors (Lipinski definition) is 1. The second-order valence-corrected chi connectivity index (χ2v) is 5.40. The van der Waals surface area contributed by atoms with Crippen LogP contribution in [-0.2, 0) is 0 Å². The number of aromatic nitrogens is 3. The Morgan fingerprint density at radius 3 is 3.16 bits per heavy atom. The fourth-order valence-corrected chi connectivity index (χ4v) is 2.84. The lowest BCUT2D eigenvalue weighted by molar-refractivity contribution is 0.440. The average molecular weight is 280 g/mol. The molecule has 1 saturated heterocycles. The Morgan fingerprint density at radius 2 is 2.32 bits per heavy atom. The van der Waals surface area contributed by atoms with E-state index >= 15 is 0 Å². The molecule has 0 amide bonds.